The van der Waals surface area contributed by atoms with Gasteiger partial charge in [-0.15, -0.1) is 0 Å². The lowest BCUT2D eigenvalue weighted by Crippen LogP contribution is -2.37. The molecule has 0 spiro atoms. The Balaban J connectivity index is 1.40. The van der Waals surface area contributed by atoms with Gasteiger partial charge in [0, 0.05) is 24.5 Å². The van der Waals surface area contributed by atoms with Crippen molar-refractivity contribution in [1.82, 2.24) is 10.2 Å². The number of imide groups is 1. The number of carbonyl (C=O) groups excluding carboxylic acids is 3. The molecule has 0 saturated carbocycles. The Morgan fingerprint density at radius 2 is 2.00 bits per heavy atom. The van der Waals surface area contributed by atoms with E-state index in [-0.39, 0.29) is 34.5 Å². The van der Waals surface area contributed by atoms with Crippen LogP contribution in [0.3, 0.4) is 0 Å². The zero-order valence-corrected chi connectivity index (χ0v) is 17.8. The highest BCUT2D eigenvalue weighted by atomic mass is 35.5. The maximum atomic E-state index is 12.6. The summed E-state index contributed by atoms with van der Waals surface area (Å²) >= 11 is 6.51. The molecule has 1 aliphatic rings. The number of nitrogens with zero attached hydrogens (tertiary/aromatic N) is 2. The van der Waals surface area contributed by atoms with Gasteiger partial charge < -0.3 is 9.73 Å². The minimum absolute atomic E-state index is 0.0274. The zero-order valence-electron chi connectivity index (χ0n) is 16.2. The van der Waals surface area contributed by atoms with Gasteiger partial charge in [0.25, 0.3) is 22.7 Å². The molecule has 32 heavy (non-hydrogen) atoms. The molecule has 2 heterocycles. The van der Waals surface area contributed by atoms with Crippen molar-refractivity contribution in [3.63, 3.8) is 0 Å². The summed E-state index contributed by atoms with van der Waals surface area (Å²) in [7, 11) is 0. The molecule has 4 rings (SSSR count). The number of halogens is 1. The van der Waals surface area contributed by atoms with Crippen LogP contribution < -0.4 is 5.32 Å². The van der Waals surface area contributed by atoms with E-state index in [4.69, 9.17) is 16.0 Å². The van der Waals surface area contributed by atoms with E-state index in [1.807, 2.05) is 12.1 Å². The summed E-state index contributed by atoms with van der Waals surface area (Å²) in [5.74, 6) is -0.877. The molecular weight excluding hydrogens is 458 g/mol. The molecule has 1 N–H and O–H groups in total. The molecule has 1 aliphatic heterocycles. The summed E-state index contributed by atoms with van der Waals surface area (Å²) in [6.45, 7) is 0.00234. The van der Waals surface area contributed by atoms with Gasteiger partial charge in [-0.05, 0) is 41.6 Å². The molecule has 0 atom stereocenters. The SMILES string of the molecule is O=C(NCCN1C(=O)S/C(=C\c2ccc(Cl)c([N+](=O)[O-])c2)C1=O)c1cc2ccccc2o1. The second kappa shape index (κ2) is 8.85. The largest absolute Gasteiger partial charge is 0.451 e. The highest BCUT2D eigenvalue weighted by molar-refractivity contribution is 8.18. The van der Waals surface area contributed by atoms with Crippen LogP contribution >= 0.6 is 23.4 Å². The van der Waals surface area contributed by atoms with E-state index >= 15 is 0 Å². The molecular formula is C21H14ClN3O6S. The third-order valence-electron chi connectivity index (χ3n) is 4.61. The van der Waals surface area contributed by atoms with Crippen molar-refractivity contribution in [2.24, 2.45) is 0 Å². The van der Waals surface area contributed by atoms with Crippen LogP contribution in [0.5, 0.6) is 0 Å². The second-order valence-electron chi connectivity index (χ2n) is 6.71. The van der Waals surface area contributed by atoms with Crippen LogP contribution in [0.2, 0.25) is 5.02 Å². The van der Waals surface area contributed by atoms with E-state index < -0.39 is 22.0 Å². The van der Waals surface area contributed by atoms with Gasteiger partial charge in [0.05, 0.1) is 9.83 Å². The Hall–Kier alpha value is -3.63. The number of hydrogen-bond donors (Lipinski definition) is 1. The van der Waals surface area contributed by atoms with Crippen LogP contribution in [0, 0.1) is 10.1 Å². The summed E-state index contributed by atoms with van der Waals surface area (Å²) in [6, 6.07) is 12.9. The lowest BCUT2D eigenvalue weighted by molar-refractivity contribution is -0.384. The Morgan fingerprint density at radius 3 is 2.75 bits per heavy atom. The first-order valence-electron chi connectivity index (χ1n) is 9.29. The molecule has 3 aromatic rings. The van der Waals surface area contributed by atoms with Gasteiger partial charge in [0.2, 0.25) is 0 Å². The minimum atomic E-state index is -0.629. The summed E-state index contributed by atoms with van der Waals surface area (Å²) in [5, 5.41) is 13.9. The molecule has 1 aromatic heterocycles. The van der Waals surface area contributed by atoms with Crippen molar-refractivity contribution in [2.45, 2.75) is 0 Å². The third kappa shape index (κ3) is 4.36. The number of rotatable bonds is 6. The zero-order chi connectivity index (χ0) is 22.8. The van der Waals surface area contributed by atoms with Gasteiger partial charge in [0.1, 0.15) is 10.6 Å². The van der Waals surface area contributed by atoms with Gasteiger partial charge in [-0.25, -0.2) is 0 Å². The Bertz CT molecular complexity index is 1270. The monoisotopic (exact) mass is 471 g/mol. The quantitative estimate of drug-likeness (QED) is 0.320. The van der Waals surface area contributed by atoms with Crippen molar-refractivity contribution >= 4 is 63.1 Å². The Kier molecular flexibility index (Phi) is 5.97. The lowest BCUT2D eigenvalue weighted by atomic mass is 10.2. The van der Waals surface area contributed by atoms with Crippen LogP contribution in [0.25, 0.3) is 17.0 Å². The smallest absolute Gasteiger partial charge is 0.293 e. The molecule has 3 amide bonds. The van der Waals surface area contributed by atoms with Gasteiger partial charge in [-0.3, -0.25) is 29.4 Å². The van der Waals surface area contributed by atoms with Gasteiger partial charge in [0.15, 0.2) is 5.76 Å². The molecule has 9 nitrogen and oxygen atoms in total. The normalized spacial score (nSPS) is 15.0. The number of thioether (sulfide) groups is 1. The van der Waals surface area contributed by atoms with Gasteiger partial charge in [-0.1, -0.05) is 35.9 Å². The fourth-order valence-corrected chi connectivity index (χ4v) is 4.12. The van der Waals surface area contributed by atoms with E-state index in [0.717, 1.165) is 22.0 Å². The molecule has 1 saturated heterocycles. The minimum Gasteiger partial charge on any atom is -0.451 e. The highest BCUT2D eigenvalue weighted by Crippen LogP contribution is 2.33. The van der Waals surface area contributed by atoms with Crippen LogP contribution in [0.15, 0.2) is 57.9 Å². The van der Waals surface area contributed by atoms with Gasteiger partial charge >= 0.3 is 0 Å². The summed E-state index contributed by atoms with van der Waals surface area (Å²) in [5.41, 5.74) is 0.647. The molecule has 162 valence electrons. The molecule has 0 aliphatic carbocycles. The number of para-hydroxylation sites is 1. The predicted octanol–water partition coefficient (Wildman–Crippen LogP) is 4.46. The van der Waals surface area contributed by atoms with Crippen LogP contribution in [-0.4, -0.2) is 40.0 Å². The number of nitro groups is 1. The number of carbonyl (C=O) groups is 3. The number of hydrogen-bond acceptors (Lipinski definition) is 7. The molecule has 1 fully saturated rings. The Morgan fingerprint density at radius 1 is 1.22 bits per heavy atom. The number of fused-ring (bicyclic) bond motifs is 1. The number of furan rings is 1. The van der Waals surface area contributed by atoms with Gasteiger partial charge in [-0.2, -0.15) is 0 Å². The maximum absolute atomic E-state index is 12.6. The van der Waals surface area contributed by atoms with Crippen molar-refractivity contribution in [3.05, 3.63) is 79.9 Å². The van der Waals surface area contributed by atoms with Crippen molar-refractivity contribution in [1.29, 1.82) is 0 Å². The van der Waals surface area contributed by atoms with E-state index in [1.54, 1.807) is 18.2 Å². The molecule has 0 bridgehead atoms. The van der Waals surface area contributed by atoms with Crippen molar-refractivity contribution in [3.8, 4) is 0 Å². The molecule has 11 heteroatoms. The van der Waals surface area contributed by atoms with Crippen molar-refractivity contribution < 1.29 is 23.7 Å². The average molecular weight is 472 g/mol. The number of nitrogens with one attached hydrogen (secondary N) is 1. The lowest BCUT2D eigenvalue weighted by Gasteiger charge is -2.12. The van der Waals surface area contributed by atoms with Crippen molar-refractivity contribution in [2.75, 3.05) is 13.1 Å². The molecule has 2 aromatic carbocycles. The third-order valence-corrected chi connectivity index (χ3v) is 5.84. The number of benzene rings is 2. The standard InChI is InChI=1S/C21H14ClN3O6S/c22-14-6-5-12(9-15(14)25(29)30)10-18-20(27)24(21(28)32-18)8-7-23-19(26)17-11-13-3-1-2-4-16(13)31-17/h1-6,9-11H,7-8H2,(H,23,26)/b18-10-. The molecule has 0 unspecified atom stereocenters. The average Bonchev–Trinajstić information content (AvgIpc) is 3.31. The first-order chi connectivity index (χ1) is 15.3. The Labute approximate surface area is 190 Å². The van der Waals surface area contributed by atoms with E-state index in [2.05, 4.69) is 5.32 Å². The van der Waals surface area contributed by atoms with Crippen LogP contribution in [0.4, 0.5) is 10.5 Å². The topological polar surface area (TPSA) is 123 Å². The highest BCUT2D eigenvalue weighted by Gasteiger charge is 2.34. The fraction of sp³-hybridized carbons (Fsp3) is 0.0952. The number of amides is 3. The predicted molar refractivity (Wildman–Crippen MR) is 119 cm³/mol. The molecule has 0 radical (unpaired) electrons. The fourth-order valence-electron chi connectivity index (χ4n) is 3.07. The van der Waals surface area contributed by atoms with Crippen LogP contribution in [-0.2, 0) is 4.79 Å². The maximum Gasteiger partial charge on any atom is 0.293 e. The van der Waals surface area contributed by atoms with E-state index in [1.165, 1.54) is 24.3 Å². The van der Waals surface area contributed by atoms with E-state index in [0.29, 0.717) is 11.1 Å². The first kappa shape index (κ1) is 21.6. The van der Waals surface area contributed by atoms with E-state index in [9.17, 15) is 24.5 Å². The second-order valence-corrected chi connectivity index (χ2v) is 8.11. The summed E-state index contributed by atoms with van der Waals surface area (Å²) in [4.78, 5) is 48.7. The summed E-state index contributed by atoms with van der Waals surface area (Å²) < 4.78 is 5.48. The summed E-state index contributed by atoms with van der Waals surface area (Å²) in [6.07, 6.45) is 1.39. The van der Waals surface area contributed by atoms with Crippen LogP contribution in [0.1, 0.15) is 16.1 Å². The first-order valence-corrected chi connectivity index (χ1v) is 10.5. The number of nitro benzene ring substituents is 1.